The van der Waals surface area contributed by atoms with Crippen LogP contribution in [0.5, 0.6) is 0 Å². The molecule has 0 spiro atoms. The van der Waals surface area contributed by atoms with Gasteiger partial charge in [-0.15, -0.1) is 0 Å². The zero-order chi connectivity index (χ0) is 12.8. The van der Waals surface area contributed by atoms with Gasteiger partial charge in [0, 0.05) is 6.54 Å². The molecule has 0 bridgehead atoms. The molecule has 0 heterocycles. The lowest BCUT2D eigenvalue weighted by Crippen LogP contribution is -2.35. The van der Waals surface area contributed by atoms with Gasteiger partial charge in [-0.2, -0.15) is 0 Å². The van der Waals surface area contributed by atoms with E-state index in [1.54, 1.807) is 0 Å². The molecule has 4 nitrogen and oxygen atoms in total. The maximum absolute atomic E-state index is 11.4. The van der Waals surface area contributed by atoms with Gasteiger partial charge in [-0.1, -0.05) is 34.1 Å². The molecule has 0 aliphatic heterocycles. The Hall–Kier alpha value is -0.130. The Morgan fingerprint density at radius 3 is 2.31 bits per heavy atom. The molecule has 0 aliphatic carbocycles. The molecule has 0 aliphatic rings. The SMILES string of the molecule is CCCCS(=O)(=O)NC[C@@H](O)CC(C)(C)C. The van der Waals surface area contributed by atoms with Crippen molar-refractivity contribution < 1.29 is 13.5 Å². The van der Waals surface area contributed by atoms with Crippen LogP contribution >= 0.6 is 0 Å². The predicted octanol–water partition coefficient (Wildman–Crippen LogP) is 1.50. The van der Waals surface area contributed by atoms with Crippen LogP contribution in [0.1, 0.15) is 47.0 Å². The summed E-state index contributed by atoms with van der Waals surface area (Å²) in [5, 5.41) is 9.65. The van der Waals surface area contributed by atoms with Crippen LogP contribution in [-0.2, 0) is 10.0 Å². The monoisotopic (exact) mass is 251 g/mol. The van der Waals surface area contributed by atoms with E-state index in [9.17, 15) is 13.5 Å². The first-order valence-corrected chi connectivity index (χ1v) is 7.47. The molecule has 0 radical (unpaired) electrons. The Morgan fingerprint density at radius 1 is 1.31 bits per heavy atom. The highest BCUT2D eigenvalue weighted by molar-refractivity contribution is 7.89. The lowest BCUT2D eigenvalue weighted by atomic mass is 9.89. The molecule has 0 rings (SSSR count). The van der Waals surface area contributed by atoms with Gasteiger partial charge in [-0.25, -0.2) is 13.1 Å². The van der Waals surface area contributed by atoms with Crippen molar-refractivity contribution in [3.63, 3.8) is 0 Å². The van der Waals surface area contributed by atoms with E-state index in [1.165, 1.54) is 0 Å². The standard InChI is InChI=1S/C11H25NO3S/c1-5-6-7-16(14,15)12-9-10(13)8-11(2,3)4/h10,12-13H,5-9H2,1-4H3/t10-/m0/s1. The van der Waals surface area contributed by atoms with Gasteiger partial charge in [0.1, 0.15) is 0 Å². The van der Waals surface area contributed by atoms with Crippen molar-refractivity contribution in [1.82, 2.24) is 4.72 Å². The molecule has 0 aromatic rings. The highest BCUT2D eigenvalue weighted by atomic mass is 32.2. The van der Waals surface area contributed by atoms with E-state index in [0.29, 0.717) is 12.8 Å². The molecule has 5 heteroatoms. The molecular weight excluding hydrogens is 226 g/mol. The average molecular weight is 251 g/mol. The zero-order valence-electron chi connectivity index (χ0n) is 10.8. The number of aliphatic hydroxyl groups excluding tert-OH is 1. The van der Waals surface area contributed by atoms with E-state index < -0.39 is 16.1 Å². The van der Waals surface area contributed by atoms with Crippen LogP contribution in [0, 0.1) is 5.41 Å². The number of aliphatic hydroxyl groups is 1. The van der Waals surface area contributed by atoms with Crippen molar-refractivity contribution in [3.05, 3.63) is 0 Å². The Balaban J connectivity index is 3.95. The minimum Gasteiger partial charge on any atom is -0.392 e. The smallest absolute Gasteiger partial charge is 0.211 e. The maximum atomic E-state index is 11.4. The summed E-state index contributed by atoms with van der Waals surface area (Å²) in [7, 11) is -3.20. The van der Waals surface area contributed by atoms with Crippen molar-refractivity contribution in [2.24, 2.45) is 5.41 Å². The zero-order valence-corrected chi connectivity index (χ0v) is 11.6. The molecule has 0 aromatic heterocycles. The second-order valence-corrected chi connectivity index (χ2v) is 7.37. The fraction of sp³-hybridized carbons (Fsp3) is 1.00. The van der Waals surface area contributed by atoms with E-state index in [4.69, 9.17) is 0 Å². The van der Waals surface area contributed by atoms with E-state index in [1.807, 2.05) is 27.7 Å². The van der Waals surface area contributed by atoms with E-state index >= 15 is 0 Å². The fourth-order valence-corrected chi connectivity index (χ4v) is 2.67. The van der Waals surface area contributed by atoms with Gasteiger partial charge in [0.2, 0.25) is 10.0 Å². The Labute approximate surface area is 99.5 Å². The molecule has 98 valence electrons. The Bertz CT molecular complexity index is 280. The average Bonchev–Trinajstić information content (AvgIpc) is 2.09. The molecule has 16 heavy (non-hydrogen) atoms. The predicted molar refractivity (Wildman–Crippen MR) is 66.8 cm³/mol. The molecule has 1 atom stereocenters. The largest absolute Gasteiger partial charge is 0.392 e. The summed E-state index contributed by atoms with van der Waals surface area (Å²) in [6.07, 6.45) is 1.48. The summed E-state index contributed by atoms with van der Waals surface area (Å²) in [5.41, 5.74) is 0.00821. The summed E-state index contributed by atoms with van der Waals surface area (Å²) in [5.74, 6) is 0.145. The highest BCUT2D eigenvalue weighted by Crippen LogP contribution is 2.20. The van der Waals surface area contributed by atoms with Crippen LogP contribution in [0.2, 0.25) is 0 Å². The van der Waals surface area contributed by atoms with Gasteiger partial charge in [-0.05, 0) is 18.3 Å². The van der Waals surface area contributed by atoms with Crippen LogP contribution in [0.25, 0.3) is 0 Å². The van der Waals surface area contributed by atoms with Crippen LogP contribution in [0.3, 0.4) is 0 Å². The van der Waals surface area contributed by atoms with Crippen molar-refractivity contribution in [2.75, 3.05) is 12.3 Å². The van der Waals surface area contributed by atoms with Crippen molar-refractivity contribution in [2.45, 2.75) is 53.1 Å². The topological polar surface area (TPSA) is 66.4 Å². The van der Waals surface area contributed by atoms with Crippen molar-refractivity contribution in [1.29, 1.82) is 0 Å². The number of unbranched alkanes of at least 4 members (excludes halogenated alkanes) is 1. The number of nitrogens with one attached hydrogen (secondary N) is 1. The molecule has 0 amide bonds. The molecule has 0 fully saturated rings. The lowest BCUT2D eigenvalue weighted by molar-refractivity contribution is 0.125. The van der Waals surface area contributed by atoms with Crippen molar-refractivity contribution in [3.8, 4) is 0 Å². The second-order valence-electron chi connectivity index (χ2n) is 5.44. The first kappa shape index (κ1) is 15.9. The van der Waals surface area contributed by atoms with Gasteiger partial charge in [0.25, 0.3) is 0 Å². The normalized spacial score (nSPS) is 15.1. The number of hydrogen-bond acceptors (Lipinski definition) is 3. The Morgan fingerprint density at radius 2 is 1.88 bits per heavy atom. The maximum Gasteiger partial charge on any atom is 0.211 e. The van der Waals surface area contributed by atoms with Crippen LogP contribution < -0.4 is 4.72 Å². The van der Waals surface area contributed by atoms with Gasteiger partial charge in [0.05, 0.1) is 11.9 Å². The first-order chi connectivity index (χ1) is 7.16. The number of rotatable bonds is 7. The molecule has 0 saturated heterocycles. The summed E-state index contributed by atoms with van der Waals surface area (Å²) >= 11 is 0. The van der Waals surface area contributed by atoms with E-state index in [-0.39, 0.29) is 17.7 Å². The first-order valence-electron chi connectivity index (χ1n) is 5.82. The molecule has 0 unspecified atom stereocenters. The van der Waals surface area contributed by atoms with Crippen LogP contribution in [-0.4, -0.2) is 31.9 Å². The summed E-state index contributed by atoms with van der Waals surface area (Å²) in [6.45, 7) is 8.11. The third-order valence-corrected chi connectivity index (χ3v) is 3.59. The fourth-order valence-electron chi connectivity index (χ4n) is 1.41. The third-order valence-electron chi connectivity index (χ3n) is 2.15. The molecule has 0 aromatic carbocycles. The number of sulfonamides is 1. The van der Waals surface area contributed by atoms with Gasteiger partial charge < -0.3 is 5.11 Å². The van der Waals surface area contributed by atoms with Gasteiger partial charge >= 0.3 is 0 Å². The molecule has 0 saturated carbocycles. The summed E-state index contributed by atoms with van der Waals surface area (Å²) < 4.78 is 25.3. The van der Waals surface area contributed by atoms with Gasteiger partial charge in [-0.3, -0.25) is 0 Å². The lowest BCUT2D eigenvalue weighted by Gasteiger charge is -2.22. The quantitative estimate of drug-likeness (QED) is 0.720. The van der Waals surface area contributed by atoms with Gasteiger partial charge in [0.15, 0.2) is 0 Å². The van der Waals surface area contributed by atoms with E-state index in [0.717, 1.165) is 6.42 Å². The van der Waals surface area contributed by atoms with E-state index in [2.05, 4.69) is 4.72 Å². The minimum atomic E-state index is -3.20. The Kier molecular flexibility index (Phi) is 6.51. The van der Waals surface area contributed by atoms with Crippen LogP contribution in [0.4, 0.5) is 0 Å². The van der Waals surface area contributed by atoms with Crippen LogP contribution in [0.15, 0.2) is 0 Å². The summed E-state index contributed by atoms with van der Waals surface area (Å²) in [6, 6.07) is 0. The third kappa shape index (κ3) is 9.12. The minimum absolute atomic E-state index is 0.00821. The summed E-state index contributed by atoms with van der Waals surface area (Å²) in [4.78, 5) is 0. The highest BCUT2D eigenvalue weighted by Gasteiger charge is 2.18. The second kappa shape index (κ2) is 6.57. The van der Waals surface area contributed by atoms with Crippen molar-refractivity contribution >= 4 is 10.0 Å². The molecule has 2 N–H and O–H groups in total. The molecular formula is C11H25NO3S. The number of hydrogen-bond donors (Lipinski definition) is 2.